The van der Waals surface area contributed by atoms with E-state index in [-0.39, 0.29) is 0 Å². The Morgan fingerprint density at radius 3 is 2.37 bits per heavy atom. The van der Waals surface area contributed by atoms with Gasteiger partial charge in [-0.15, -0.1) is 0 Å². The van der Waals surface area contributed by atoms with Crippen LogP contribution in [0.1, 0.15) is 0 Å². The van der Waals surface area contributed by atoms with Gasteiger partial charge in [0.1, 0.15) is 11.6 Å². The molecule has 0 spiro atoms. The summed E-state index contributed by atoms with van der Waals surface area (Å²) in [6.07, 6.45) is 1.49. The molecule has 108 valence electrons. The monoisotopic (exact) mass is 290 g/mol. The molecular weight excluding hydrogens is 272 g/mol. The minimum Gasteiger partial charge on any atom is -0.474 e. The van der Waals surface area contributed by atoms with Crippen LogP contribution in [0, 0.1) is 0 Å². The molecule has 0 fully saturated rings. The molecule has 0 radical (unpaired) electrons. The molecule has 0 amide bonds. The number of hydrogen-bond donors (Lipinski definition) is 1. The molecule has 0 aliphatic carbocycles. The van der Waals surface area contributed by atoms with Gasteiger partial charge in [0.2, 0.25) is 5.88 Å². The van der Waals surface area contributed by atoms with E-state index in [9.17, 15) is 0 Å². The van der Waals surface area contributed by atoms with E-state index >= 15 is 0 Å². The number of nitrogen functional groups attached to an aromatic ring is 1. The summed E-state index contributed by atoms with van der Waals surface area (Å²) in [5.41, 5.74) is 6.02. The van der Waals surface area contributed by atoms with E-state index in [4.69, 9.17) is 36.3 Å². The average molecular weight is 291 g/mol. The van der Waals surface area contributed by atoms with Crippen molar-refractivity contribution in [1.29, 1.82) is 0 Å². The summed E-state index contributed by atoms with van der Waals surface area (Å²) in [4.78, 5) is 3.97. The normalized spacial score (nSPS) is 10.6. The number of pyridine rings is 1. The van der Waals surface area contributed by atoms with Gasteiger partial charge in [-0.05, 0) is 6.07 Å². The van der Waals surface area contributed by atoms with Crippen molar-refractivity contribution in [1.82, 2.24) is 4.98 Å². The van der Waals surface area contributed by atoms with E-state index in [1.54, 1.807) is 13.2 Å². The van der Waals surface area contributed by atoms with E-state index < -0.39 is 0 Å². The molecule has 1 aromatic rings. The van der Waals surface area contributed by atoms with Gasteiger partial charge in [-0.1, -0.05) is 11.6 Å². The molecule has 1 rings (SSSR count). The molecule has 0 saturated carbocycles. The Morgan fingerprint density at radius 1 is 1.11 bits per heavy atom. The number of methoxy groups -OCH3 is 1. The number of ether oxygens (including phenoxy) is 4. The number of nitrogens with zero attached hydrogens (tertiary/aromatic N) is 1. The highest BCUT2D eigenvalue weighted by Gasteiger charge is 2.03. The van der Waals surface area contributed by atoms with Crippen LogP contribution in [-0.4, -0.2) is 51.7 Å². The van der Waals surface area contributed by atoms with E-state index in [1.807, 2.05) is 0 Å². The van der Waals surface area contributed by atoms with Crippen LogP contribution in [0.2, 0.25) is 5.02 Å². The first-order chi connectivity index (χ1) is 9.24. The summed E-state index contributed by atoms with van der Waals surface area (Å²) in [5.74, 6) is 0.357. The zero-order valence-corrected chi connectivity index (χ0v) is 11.7. The summed E-state index contributed by atoms with van der Waals surface area (Å²) < 4.78 is 20.7. The lowest BCUT2D eigenvalue weighted by Gasteiger charge is -2.08. The summed E-state index contributed by atoms with van der Waals surface area (Å²) in [6.45, 7) is 3.01. The zero-order valence-electron chi connectivity index (χ0n) is 10.9. The van der Waals surface area contributed by atoms with Gasteiger partial charge < -0.3 is 24.7 Å². The third-order valence-corrected chi connectivity index (χ3v) is 2.37. The molecule has 0 bridgehead atoms. The molecule has 7 heteroatoms. The van der Waals surface area contributed by atoms with Crippen LogP contribution >= 0.6 is 11.6 Å². The van der Waals surface area contributed by atoms with Crippen molar-refractivity contribution in [3.05, 3.63) is 17.3 Å². The summed E-state index contributed by atoms with van der Waals surface area (Å²) >= 11 is 5.90. The molecule has 1 heterocycles. The van der Waals surface area contributed by atoms with Gasteiger partial charge in [0, 0.05) is 7.11 Å². The predicted octanol–water partition coefficient (Wildman–Crippen LogP) is 1.38. The predicted molar refractivity (Wildman–Crippen MR) is 72.7 cm³/mol. The molecule has 0 aliphatic heterocycles. The van der Waals surface area contributed by atoms with E-state index in [0.717, 1.165) is 0 Å². The maximum Gasteiger partial charge on any atom is 0.232 e. The van der Waals surface area contributed by atoms with E-state index in [2.05, 4.69) is 4.98 Å². The van der Waals surface area contributed by atoms with Crippen molar-refractivity contribution < 1.29 is 18.9 Å². The van der Waals surface area contributed by atoms with Crippen LogP contribution in [-0.2, 0) is 14.2 Å². The lowest BCUT2D eigenvalue weighted by atomic mass is 10.4. The maximum atomic E-state index is 5.90. The minimum atomic E-state index is 0.357. The van der Waals surface area contributed by atoms with E-state index in [1.165, 1.54) is 6.20 Å². The highest BCUT2D eigenvalue weighted by molar-refractivity contribution is 6.32. The quantitative estimate of drug-likeness (QED) is 0.656. The number of hydrogen-bond acceptors (Lipinski definition) is 6. The van der Waals surface area contributed by atoms with Crippen molar-refractivity contribution in [2.24, 2.45) is 0 Å². The fraction of sp³-hybridized carbons (Fsp3) is 0.583. The molecule has 0 unspecified atom stereocenters. The second kappa shape index (κ2) is 9.80. The smallest absolute Gasteiger partial charge is 0.232 e. The van der Waals surface area contributed by atoms with Crippen molar-refractivity contribution in [2.75, 3.05) is 52.5 Å². The summed E-state index contributed by atoms with van der Waals surface area (Å²) in [5, 5.41) is 0.392. The Balaban J connectivity index is 2.01. The van der Waals surface area contributed by atoms with Crippen LogP contribution in [0.3, 0.4) is 0 Å². The van der Waals surface area contributed by atoms with Gasteiger partial charge in [-0.25, -0.2) is 4.98 Å². The lowest BCUT2D eigenvalue weighted by molar-refractivity contribution is 0.0177. The Labute approximate surface area is 117 Å². The van der Waals surface area contributed by atoms with Crippen LogP contribution < -0.4 is 10.5 Å². The molecule has 1 aromatic heterocycles. The van der Waals surface area contributed by atoms with Crippen molar-refractivity contribution >= 4 is 17.3 Å². The van der Waals surface area contributed by atoms with Crippen LogP contribution in [0.4, 0.5) is 5.69 Å². The lowest BCUT2D eigenvalue weighted by Crippen LogP contribution is -2.12. The second-order valence-corrected chi connectivity index (χ2v) is 4.03. The van der Waals surface area contributed by atoms with Crippen molar-refractivity contribution in [2.45, 2.75) is 0 Å². The Bertz CT molecular complexity index is 366. The minimum absolute atomic E-state index is 0.357. The molecule has 0 atom stereocenters. The molecule has 6 nitrogen and oxygen atoms in total. The van der Waals surface area contributed by atoms with Gasteiger partial charge in [0.05, 0.1) is 44.9 Å². The summed E-state index contributed by atoms with van der Waals surface area (Å²) in [7, 11) is 1.63. The average Bonchev–Trinajstić information content (AvgIpc) is 2.39. The Kier molecular flexibility index (Phi) is 8.24. The van der Waals surface area contributed by atoms with Crippen LogP contribution in [0.25, 0.3) is 0 Å². The second-order valence-electron chi connectivity index (χ2n) is 3.62. The van der Waals surface area contributed by atoms with Gasteiger partial charge in [-0.3, -0.25) is 0 Å². The fourth-order valence-corrected chi connectivity index (χ4v) is 1.44. The third kappa shape index (κ3) is 7.17. The van der Waals surface area contributed by atoms with Gasteiger partial charge in [0.15, 0.2) is 0 Å². The number of nitrogens with two attached hydrogens (primary N) is 1. The topological polar surface area (TPSA) is 75.8 Å². The summed E-state index contributed by atoms with van der Waals surface area (Å²) in [6, 6.07) is 1.59. The highest BCUT2D eigenvalue weighted by Crippen LogP contribution is 2.22. The number of anilines is 1. The van der Waals surface area contributed by atoms with Crippen molar-refractivity contribution in [3.8, 4) is 5.88 Å². The number of halogens is 1. The first-order valence-electron chi connectivity index (χ1n) is 5.92. The molecule has 0 aromatic carbocycles. The fourth-order valence-electron chi connectivity index (χ4n) is 1.21. The number of aromatic nitrogens is 1. The molecule has 2 N–H and O–H groups in total. The number of rotatable bonds is 10. The Morgan fingerprint density at radius 2 is 1.74 bits per heavy atom. The Hall–Kier alpha value is -1.08. The third-order valence-electron chi connectivity index (χ3n) is 2.10. The first-order valence-corrected chi connectivity index (χ1v) is 6.30. The van der Waals surface area contributed by atoms with E-state index in [0.29, 0.717) is 56.2 Å². The van der Waals surface area contributed by atoms with Gasteiger partial charge in [0.25, 0.3) is 0 Å². The van der Waals surface area contributed by atoms with Crippen LogP contribution in [0.15, 0.2) is 12.3 Å². The molecule has 19 heavy (non-hydrogen) atoms. The standard InChI is InChI=1S/C12H19ClN2O4/c1-16-2-3-17-4-5-18-6-7-19-12-11(13)8-10(14)9-15-12/h8-9H,2-7,14H2,1H3. The molecular formula is C12H19ClN2O4. The first kappa shape index (κ1) is 16.0. The molecule has 0 saturated heterocycles. The van der Waals surface area contributed by atoms with Gasteiger partial charge in [-0.2, -0.15) is 0 Å². The zero-order chi connectivity index (χ0) is 13.9. The van der Waals surface area contributed by atoms with Crippen molar-refractivity contribution in [3.63, 3.8) is 0 Å². The highest BCUT2D eigenvalue weighted by atomic mass is 35.5. The maximum absolute atomic E-state index is 5.90. The SMILES string of the molecule is COCCOCCOCCOc1ncc(N)cc1Cl. The van der Waals surface area contributed by atoms with Crippen LogP contribution in [0.5, 0.6) is 5.88 Å². The largest absolute Gasteiger partial charge is 0.474 e. The van der Waals surface area contributed by atoms with Gasteiger partial charge >= 0.3 is 0 Å². The molecule has 0 aliphatic rings.